The molecule has 0 radical (unpaired) electrons. The maximum Gasteiger partial charge on any atom is 0.330 e. The molecule has 1 fully saturated rings. The van der Waals surface area contributed by atoms with E-state index in [0.717, 1.165) is 59.1 Å². The van der Waals surface area contributed by atoms with E-state index in [0.29, 0.717) is 13.2 Å². The monoisotopic (exact) mass is 502 g/mol. The van der Waals surface area contributed by atoms with E-state index in [1.54, 1.807) is 6.33 Å². The Hall–Kier alpha value is -3.46. The average molecular weight is 503 g/mol. The van der Waals surface area contributed by atoms with Gasteiger partial charge in [0.2, 0.25) is 0 Å². The van der Waals surface area contributed by atoms with Crippen LogP contribution in [0.5, 0.6) is 5.75 Å². The van der Waals surface area contributed by atoms with Crippen LogP contribution in [0.1, 0.15) is 65.5 Å². The molecule has 0 spiro atoms. The molecule has 3 aromatic rings. The van der Waals surface area contributed by atoms with Crippen molar-refractivity contribution in [1.29, 1.82) is 0 Å². The van der Waals surface area contributed by atoms with Gasteiger partial charge in [-0.05, 0) is 83.2 Å². The summed E-state index contributed by atoms with van der Waals surface area (Å²) in [5.74, 6) is 2.22. The first-order valence-electron chi connectivity index (χ1n) is 13.1. The van der Waals surface area contributed by atoms with Crippen molar-refractivity contribution < 1.29 is 14.3 Å². The van der Waals surface area contributed by atoms with Gasteiger partial charge >= 0.3 is 5.97 Å². The van der Waals surface area contributed by atoms with E-state index in [2.05, 4.69) is 58.1 Å². The summed E-state index contributed by atoms with van der Waals surface area (Å²) in [7, 11) is 0. The predicted octanol–water partition coefficient (Wildman–Crippen LogP) is 4.40. The number of benzene rings is 1. The summed E-state index contributed by atoms with van der Waals surface area (Å²) in [4.78, 5) is 22.6. The highest BCUT2D eigenvalue weighted by Gasteiger charge is 2.48. The van der Waals surface area contributed by atoms with Crippen molar-refractivity contribution in [1.82, 2.24) is 29.6 Å². The SMILES string of the molecule is CC(C)n1ncnc1-c1cn2c(n1)-c1ccc(C3=CC4(C(=O)OC(C)(C)C)CCC(C3)N4)cc1OCC2. The Labute approximate surface area is 216 Å². The third-order valence-electron chi connectivity index (χ3n) is 7.25. The fourth-order valence-corrected chi connectivity index (χ4v) is 5.59. The second kappa shape index (κ2) is 8.55. The number of carbonyl (C=O) groups excluding carboxylic acids is 1. The summed E-state index contributed by atoms with van der Waals surface area (Å²) >= 11 is 0. The van der Waals surface area contributed by atoms with Gasteiger partial charge in [0, 0.05) is 18.3 Å². The normalized spacial score (nSPS) is 22.6. The molecule has 6 rings (SSSR count). The third-order valence-corrected chi connectivity index (χ3v) is 7.25. The number of rotatable bonds is 4. The average Bonchev–Trinajstić information content (AvgIpc) is 3.53. The standard InChI is InChI=1S/C28H34N6O3/c1-17(2)34-25(29-16-30-34)22-15-33-10-11-36-23-13-18(6-7-21(23)24(33)31-22)19-12-20-8-9-28(14-19,32-20)26(35)37-27(3,4)5/h6-7,13-17,20,32H,8-12H2,1-5H3. The fourth-order valence-electron chi connectivity index (χ4n) is 5.59. The molecule has 2 unspecified atom stereocenters. The number of aromatic nitrogens is 5. The molecular weight excluding hydrogens is 468 g/mol. The molecule has 0 aliphatic carbocycles. The summed E-state index contributed by atoms with van der Waals surface area (Å²) in [6, 6.07) is 6.73. The zero-order valence-electron chi connectivity index (χ0n) is 22.1. The predicted molar refractivity (Wildman–Crippen MR) is 140 cm³/mol. The second-order valence-electron chi connectivity index (χ2n) is 11.6. The van der Waals surface area contributed by atoms with Gasteiger partial charge in [-0.25, -0.2) is 19.4 Å². The smallest absolute Gasteiger partial charge is 0.330 e. The van der Waals surface area contributed by atoms with Crippen LogP contribution in [-0.2, 0) is 16.1 Å². The maximum atomic E-state index is 13.2. The molecule has 5 heterocycles. The largest absolute Gasteiger partial charge is 0.491 e. The zero-order valence-corrected chi connectivity index (χ0v) is 22.1. The Bertz CT molecular complexity index is 1400. The minimum atomic E-state index is -0.767. The lowest BCUT2D eigenvalue weighted by atomic mass is 9.89. The molecule has 9 nitrogen and oxygen atoms in total. The molecule has 1 aromatic carbocycles. The number of carbonyl (C=O) groups is 1. The Kier molecular flexibility index (Phi) is 5.52. The zero-order chi connectivity index (χ0) is 25.9. The molecule has 2 bridgehead atoms. The summed E-state index contributed by atoms with van der Waals surface area (Å²) in [5, 5.41) is 7.90. The number of imidazole rings is 1. The van der Waals surface area contributed by atoms with Gasteiger partial charge in [-0.1, -0.05) is 6.07 Å². The van der Waals surface area contributed by atoms with Crippen LogP contribution in [0.4, 0.5) is 0 Å². The first kappa shape index (κ1) is 23.9. The highest BCUT2D eigenvalue weighted by atomic mass is 16.6. The Morgan fingerprint density at radius 3 is 2.89 bits per heavy atom. The van der Waals surface area contributed by atoms with E-state index in [1.165, 1.54) is 0 Å². The lowest BCUT2D eigenvalue weighted by Gasteiger charge is -2.33. The van der Waals surface area contributed by atoms with Crippen LogP contribution in [0.3, 0.4) is 0 Å². The molecule has 3 aliphatic heterocycles. The lowest BCUT2D eigenvalue weighted by Crippen LogP contribution is -2.53. The number of hydrogen-bond donors (Lipinski definition) is 1. The number of esters is 1. The fraction of sp³-hybridized carbons (Fsp3) is 0.500. The number of fused-ring (bicyclic) bond motifs is 5. The van der Waals surface area contributed by atoms with Crippen molar-refractivity contribution in [3.05, 3.63) is 42.4 Å². The maximum absolute atomic E-state index is 13.2. The first-order valence-corrected chi connectivity index (χ1v) is 13.1. The van der Waals surface area contributed by atoms with Crippen molar-refractivity contribution >= 4 is 11.5 Å². The van der Waals surface area contributed by atoms with Crippen LogP contribution < -0.4 is 10.1 Å². The van der Waals surface area contributed by atoms with E-state index < -0.39 is 11.1 Å². The van der Waals surface area contributed by atoms with Gasteiger partial charge in [0.1, 0.15) is 41.3 Å². The van der Waals surface area contributed by atoms with Crippen molar-refractivity contribution in [3.63, 3.8) is 0 Å². The van der Waals surface area contributed by atoms with Gasteiger partial charge in [0.05, 0.1) is 12.1 Å². The van der Waals surface area contributed by atoms with E-state index in [9.17, 15) is 4.79 Å². The minimum Gasteiger partial charge on any atom is -0.491 e. The quantitative estimate of drug-likeness (QED) is 0.528. The van der Waals surface area contributed by atoms with Crippen LogP contribution in [0, 0.1) is 0 Å². The van der Waals surface area contributed by atoms with Crippen molar-refractivity contribution in [3.8, 4) is 28.7 Å². The molecule has 9 heteroatoms. The Morgan fingerprint density at radius 2 is 2.11 bits per heavy atom. The molecule has 2 atom stereocenters. The topological polar surface area (TPSA) is 96.1 Å². The van der Waals surface area contributed by atoms with Crippen LogP contribution in [0.15, 0.2) is 36.8 Å². The molecule has 1 saturated heterocycles. The summed E-state index contributed by atoms with van der Waals surface area (Å²) < 4.78 is 16.0. The number of ether oxygens (including phenoxy) is 2. The minimum absolute atomic E-state index is 0.190. The molecule has 37 heavy (non-hydrogen) atoms. The highest BCUT2D eigenvalue weighted by molar-refractivity contribution is 5.89. The van der Waals surface area contributed by atoms with Crippen LogP contribution in [0.2, 0.25) is 0 Å². The number of nitrogens with one attached hydrogen (secondary N) is 1. The molecule has 2 aromatic heterocycles. The molecule has 0 amide bonds. The molecule has 194 valence electrons. The Balaban J connectivity index is 1.35. The van der Waals surface area contributed by atoms with E-state index >= 15 is 0 Å². The number of nitrogens with zero attached hydrogens (tertiary/aromatic N) is 5. The van der Waals surface area contributed by atoms with Gasteiger partial charge in [-0.3, -0.25) is 5.32 Å². The van der Waals surface area contributed by atoms with Gasteiger partial charge in [0.25, 0.3) is 0 Å². The van der Waals surface area contributed by atoms with Gasteiger partial charge in [-0.15, -0.1) is 0 Å². The van der Waals surface area contributed by atoms with Gasteiger partial charge in [-0.2, -0.15) is 5.10 Å². The van der Waals surface area contributed by atoms with E-state index in [-0.39, 0.29) is 18.1 Å². The molecule has 0 saturated carbocycles. The van der Waals surface area contributed by atoms with Gasteiger partial charge in [0.15, 0.2) is 5.82 Å². The van der Waals surface area contributed by atoms with Crippen LogP contribution in [0.25, 0.3) is 28.5 Å². The first-order chi connectivity index (χ1) is 17.6. The summed E-state index contributed by atoms with van der Waals surface area (Å²) in [6.45, 7) is 11.1. The van der Waals surface area contributed by atoms with Crippen molar-refractivity contribution in [2.75, 3.05) is 6.61 Å². The lowest BCUT2D eigenvalue weighted by molar-refractivity contribution is -0.160. The molecular formula is C28H34N6O3. The van der Waals surface area contributed by atoms with Gasteiger partial charge < -0.3 is 14.0 Å². The highest BCUT2D eigenvalue weighted by Crippen LogP contribution is 2.42. The van der Waals surface area contributed by atoms with Crippen LogP contribution >= 0.6 is 0 Å². The second-order valence-corrected chi connectivity index (χ2v) is 11.6. The van der Waals surface area contributed by atoms with Crippen molar-refractivity contribution in [2.45, 2.75) is 83.6 Å². The Morgan fingerprint density at radius 1 is 1.27 bits per heavy atom. The summed E-state index contributed by atoms with van der Waals surface area (Å²) in [5.41, 5.74) is 2.67. The van der Waals surface area contributed by atoms with Crippen LogP contribution in [-0.4, -0.2) is 54.1 Å². The van der Waals surface area contributed by atoms with Crippen molar-refractivity contribution in [2.24, 2.45) is 0 Å². The third kappa shape index (κ3) is 4.25. The molecule has 1 N–H and O–H groups in total. The summed E-state index contributed by atoms with van der Waals surface area (Å²) in [6.07, 6.45) is 8.25. The molecule has 3 aliphatic rings. The van der Waals surface area contributed by atoms with E-state index in [4.69, 9.17) is 14.5 Å². The number of hydrogen-bond acceptors (Lipinski definition) is 7. The van der Waals surface area contributed by atoms with E-state index in [1.807, 2.05) is 31.6 Å².